The maximum Gasteiger partial charge on any atom is 0.0607 e. The Bertz CT molecular complexity index is 259. The summed E-state index contributed by atoms with van der Waals surface area (Å²) in [7, 11) is 0. The van der Waals surface area contributed by atoms with Crippen LogP contribution in [0, 0.1) is 0 Å². The monoisotopic (exact) mass is 259 g/mol. The molecule has 4 heteroatoms. The van der Waals surface area contributed by atoms with Crippen molar-refractivity contribution in [3.8, 4) is 0 Å². The molecule has 0 bridgehead atoms. The highest BCUT2D eigenvalue weighted by Gasteiger charge is 2.03. The van der Waals surface area contributed by atoms with Crippen molar-refractivity contribution in [2.24, 2.45) is 0 Å². The molecule has 0 amide bonds. The Balaban J connectivity index is 2.41. The lowest BCUT2D eigenvalue weighted by Crippen LogP contribution is -2.35. The normalized spacial score (nSPS) is 10.9. The number of hydrogen-bond donors (Lipinski definition) is 3. The predicted octanol–water partition coefficient (Wildman–Crippen LogP) is 0.892. The maximum atomic E-state index is 8.82. The van der Waals surface area contributed by atoms with Crippen LogP contribution in [-0.2, 0) is 6.54 Å². The van der Waals surface area contributed by atoms with Crippen molar-refractivity contribution in [1.82, 2.24) is 5.32 Å². The van der Waals surface area contributed by atoms with E-state index < -0.39 is 0 Å². The Morgan fingerprint density at radius 2 is 1.71 bits per heavy atom. The molecule has 1 aromatic carbocycles. The second-order valence-corrected chi connectivity index (χ2v) is 3.99. The van der Waals surface area contributed by atoms with Gasteiger partial charge in [-0.1, -0.05) is 28.1 Å². The molecule has 78 valence electrons. The summed E-state index contributed by atoms with van der Waals surface area (Å²) >= 11 is 3.35. The van der Waals surface area contributed by atoms with Crippen LogP contribution >= 0.6 is 15.9 Å². The van der Waals surface area contributed by atoms with Gasteiger partial charge in [0.05, 0.1) is 19.3 Å². The van der Waals surface area contributed by atoms with E-state index in [-0.39, 0.29) is 19.3 Å². The third-order valence-electron chi connectivity index (χ3n) is 1.95. The average molecular weight is 260 g/mol. The molecule has 0 aliphatic carbocycles. The van der Waals surface area contributed by atoms with Gasteiger partial charge in [0.25, 0.3) is 0 Å². The highest BCUT2D eigenvalue weighted by Crippen LogP contribution is 2.10. The summed E-state index contributed by atoms with van der Waals surface area (Å²) in [5.74, 6) is 0. The van der Waals surface area contributed by atoms with Crippen molar-refractivity contribution in [2.75, 3.05) is 13.2 Å². The molecule has 0 unspecified atom stereocenters. The van der Waals surface area contributed by atoms with Gasteiger partial charge in [-0.25, -0.2) is 0 Å². The molecule has 0 saturated carbocycles. The number of rotatable bonds is 5. The van der Waals surface area contributed by atoms with E-state index in [4.69, 9.17) is 10.2 Å². The van der Waals surface area contributed by atoms with Crippen molar-refractivity contribution < 1.29 is 10.2 Å². The van der Waals surface area contributed by atoms with E-state index in [2.05, 4.69) is 21.2 Å². The molecule has 3 nitrogen and oxygen atoms in total. The van der Waals surface area contributed by atoms with E-state index >= 15 is 0 Å². The molecule has 0 heterocycles. The van der Waals surface area contributed by atoms with E-state index in [0.29, 0.717) is 6.54 Å². The fraction of sp³-hybridized carbons (Fsp3) is 0.400. The fourth-order valence-electron chi connectivity index (χ4n) is 1.05. The minimum absolute atomic E-state index is 0.0486. The maximum absolute atomic E-state index is 8.82. The van der Waals surface area contributed by atoms with Gasteiger partial charge in [0.1, 0.15) is 0 Å². The summed E-state index contributed by atoms with van der Waals surface area (Å²) in [5, 5.41) is 20.7. The van der Waals surface area contributed by atoms with Crippen LogP contribution < -0.4 is 5.32 Å². The Labute approximate surface area is 91.9 Å². The summed E-state index contributed by atoms with van der Waals surface area (Å²) in [6.07, 6.45) is 0. The van der Waals surface area contributed by atoms with Crippen LogP contribution in [0.4, 0.5) is 0 Å². The number of halogens is 1. The molecule has 0 atom stereocenters. The minimum Gasteiger partial charge on any atom is -0.395 e. The van der Waals surface area contributed by atoms with Gasteiger partial charge in [-0.15, -0.1) is 0 Å². The van der Waals surface area contributed by atoms with Gasteiger partial charge in [0, 0.05) is 11.0 Å². The first-order valence-electron chi connectivity index (χ1n) is 4.46. The Kier molecular flexibility index (Phi) is 5.11. The molecule has 0 aliphatic heterocycles. The predicted molar refractivity (Wildman–Crippen MR) is 58.9 cm³/mol. The van der Waals surface area contributed by atoms with E-state index in [9.17, 15) is 0 Å². The van der Waals surface area contributed by atoms with Crippen molar-refractivity contribution in [3.63, 3.8) is 0 Å². The lowest BCUT2D eigenvalue weighted by molar-refractivity contribution is 0.170. The highest BCUT2D eigenvalue weighted by molar-refractivity contribution is 9.10. The molecule has 0 aromatic heterocycles. The van der Waals surface area contributed by atoms with E-state index in [0.717, 1.165) is 10.0 Å². The molecule has 1 rings (SSSR count). The molecule has 0 fully saturated rings. The molecule has 14 heavy (non-hydrogen) atoms. The molecule has 0 spiro atoms. The molecule has 0 radical (unpaired) electrons. The van der Waals surface area contributed by atoms with Crippen LogP contribution in [-0.4, -0.2) is 29.5 Å². The summed E-state index contributed by atoms with van der Waals surface area (Å²) < 4.78 is 1.04. The first kappa shape index (κ1) is 11.7. The first-order valence-corrected chi connectivity index (χ1v) is 5.25. The third-order valence-corrected chi connectivity index (χ3v) is 2.48. The number of benzene rings is 1. The third kappa shape index (κ3) is 3.75. The van der Waals surface area contributed by atoms with Crippen LogP contribution in [0.2, 0.25) is 0 Å². The van der Waals surface area contributed by atoms with Gasteiger partial charge >= 0.3 is 0 Å². The number of aliphatic hydroxyl groups is 2. The molecule has 0 aliphatic rings. The number of hydrogen-bond acceptors (Lipinski definition) is 3. The van der Waals surface area contributed by atoms with Gasteiger partial charge in [-0.3, -0.25) is 0 Å². The quantitative estimate of drug-likeness (QED) is 0.737. The fourth-order valence-corrected chi connectivity index (χ4v) is 1.32. The number of aliphatic hydroxyl groups excluding tert-OH is 2. The van der Waals surface area contributed by atoms with Crippen LogP contribution in [0.3, 0.4) is 0 Å². The average Bonchev–Trinajstić information content (AvgIpc) is 2.22. The zero-order valence-electron chi connectivity index (χ0n) is 7.78. The molecular weight excluding hydrogens is 246 g/mol. The second kappa shape index (κ2) is 6.14. The summed E-state index contributed by atoms with van der Waals surface area (Å²) in [4.78, 5) is 0. The minimum atomic E-state index is -0.237. The molecule has 0 saturated heterocycles. The zero-order valence-corrected chi connectivity index (χ0v) is 9.37. The Morgan fingerprint density at radius 3 is 2.21 bits per heavy atom. The van der Waals surface area contributed by atoms with Crippen molar-refractivity contribution >= 4 is 15.9 Å². The van der Waals surface area contributed by atoms with Gasteiger partial charge in [-0.2, -0.15) is 0 Å². The smallest absolute Gasteiger partial charge is 0.0607 e. The van der Waals surface area contributed by atoms with Crippen LogP contribution in [0.1, 0.15) is 5.56 Å². The van der Waals surface area contributed by atoms with Crippen molar-refractivity contribution in [3.05, 3.63) is 34.3 Å². The molecule has 1 aromatic rings. The first-order chi connectivity index (χ1) is 6.76. The Morgan fingerprint density at radius 1 is 1.14 bits per heavy atom. The topological polar surface area (TPSA) is 52.5 Å². The second-order valence-electron chi connectivity index (χ2n) is 3.07. The van der Waals surface area contributed by atoms with Crippen molar-refractivity contribution in [2.45, 2.75) is 12.6 Å². The van der Waals surface area contributed by atoms with Gasteiger partial charge in [0.2, 0.25) is 0 Å². The standard InChI is InChI=1S/C10H14BrNO2/c11-9-3-1-8(2-4-9)5-12-10(6-13)7-14/h1-4,10,12-14H,5-7H2. The molecule has 3 N–H and O–H groups in total. The van der Waals surface area contributed by atoms with Crippen molar-refractivity contribution in [1.29, 1.82) is 0 Å². The van der Waals surface area contributed by atoms with E-state index in [1.807, 2.05) is 24.3 Å². The summed E-state index contributed by atoms with van der Waals surface area (Å²) in [5.41, 5.74) is 1.13. The largest absolute Gasteiger partial charge is 0.395 e. The summed E-state index contributed by atoms with van der Waals surface area (Å²) in [6, 6.07) is 7.67. The van der Waals surface area contributed by atoms with Crippen LogP contribution in [0.5, 0.6) is 0 Å². The van der Waals surface area contributed by atoms with Crippen LogP contribution in [0.25, 0.3) is 0 Å². The Hall–Kier alpha value is -0.420. The summed E-state index contributed by atoms with van der Waals surface area (Å²) in [6.45, 7) is 0.555. The molecular formula is C10H14BrNO2. The van der Waals surface area contributed by atoms with Gasteiger partial charge in [0.15, 0.2) is 0 Å². The lowest BCUT2D eigenvalue weighted by atomic mass is 10.2. The van der Waals surface area contributed by atoms with E-state index in [1.165, 1.54) is 0 Å². The van der Waals surface area contributed by atoms with Gasteiger partial charge in [-0.05, 0) is 17.7 Å². The zero-order chi connectivity index (χ0) is 10.4. The van der Waals surface area contributed by atoms with E-state index in [1.54, 1.807) is 0 Å². The van der Waals surface area contributed by atoms with Crippen LogP contribution in [0.15, 0.2) is 28.7 Å². The SMILES string of the molecule is OCC(CO)NCc1ccc(Br)cc1. The lowest BCUT2D eigenvalue weighted by Gasteiger charge is -2.12. The number of nitrogens with one attached hydrogen (secondary N) is 1. The van der Waals surface area contributed by atoms with Gasteiger partial charge < -0.3 is 15.5 Å². The highest BCUT2D eigenvalue weighted by atomic mass is 79.9.